The summed E-state index contributed by atoms with van der Waals surface area (Å²) < 4.78 is 0. The summed E-state index contributed by atoms with van der Waals surface area (Å²) in [4.78, 5) is 12.5. The summed E-state index contributed by atoms with van der Waals surface area (Å²) in [7, 11) is 0. The molecule has 13 heavy (non-hydrogen) atoms. The van der Waals surface area contributed by atoms with Crippen LogP contribution in [0.5, 0.6) is 0 Å². The van der Waals surface area contributed by atoms with Crippen LogP contribution in [-0.4, -0.2) is 22.3 Å². The van der Waals surface area contributed by atoms with Gasteiger partial charge in [0.2, 0.25) is 0 Å². The predicted octanol–water partition coefficient (Wildman–Crippen LogP) is 0.850. The maximum atomic E-state index is 4.98. The second-order valence-electron chi connectivity index (χ2n) is 2.28. The Bertz CT molecular complexity index is 326. The van der Waals surface area contributed by atoms with Gasteiger partial charge in [-0.2, -0.15) is 0 Å². The minimum absolute atomic E-state index is 0.172. The zero-order valence-electron chi connectivity index (χ0n) is 7.27. The molecule has 0 bridgehead atoms. The van der Waals surface area contributed by atoms with Crippen LogP contribution >= 0.6 is 0 Å². The number of oxime groups is 1. The molecule has 4 nitrogen and oxygen atoms in total. The van der Waals surface area contributed by atoms with Crippen LogP contribution in [0, 0.1) is 12.3 Å². The Morgan fingerprint density at radius 3 is 2.92 bits per heavy atom. The summed E-state index contributed by atoms with van der Waals surface area (Å²) >= 11 is 0. The van der Waals surface area contributed by atoms with Gasteiger partial charge < -0.3 is 4.84 Å². The molecule has 66 valence electrons. The third kappa shape index (κ3) is 2.91. The van der Waals surface area contributed by atoms with Crippen LogP contribution in [0.15, 0.2) is 23.9 Å². The van der Waals surface area contributed by atoms with Crippen LogP contribution in [0.4, 0.5) is 0 Å². The Hall–Kier alpha value is -1.89. The Kier molecular flexibility index (Phi) is 3.45. The Morgan fingerprint density at radius 2 is 2.31 bits per heavy atom. The molecule has 1 aromatic rings. The van der Waals surface area contributed by atoms with Crippen LogP contribution in [-0.2, 0) is 4.84 Å². The molecule has 4 heteroatoms. The molecular formula is C9H9N3O. The van der Waals surface area contributed by atoms with Crippen molar-refractivity contribution in [3.8, 4) is 12.3 Å². The summed E-state index contributed by atoms with van der Waals surface area (Å²) in [6.45, 7) is 1.97. The first kappa shape index (κ1) is 9.20. The van der Waals surface area contributed by atoms with E-state index in [-0.39, 0.29) is 6.61 Å². The van der Waals surface area contributed by atoms with Crippen LogP contribution in [0.1, 0.15) is 12.5 Å². The molecule has 0 aliphatic heterocycles. The van der Waals surface area contributed by atoms with Crippen molar-refractivity contribution in [2.75, 3.05) is 6.61 Å². The molecule has 1 heterocycles. The summed E-state index contributed by atoms with van der Waals surface area (Å²) in [5, 5.41) is 3.78. The number of terminal acetylenes is 1. The van der Waals surface area contributed by atoms with Gasteiger partial charge in [-0.25, -0.2) is 9.97 Å². The van der Waals surface area contributed by atoms with Gasteiger partial charge in [-0.05, 0) is 6.92 Å². The standard InChI is InChI=1S/C9H9N3O/c1-3-4-13-12-8(2)9-5-10-7-11-6-9/h1,5-7H,4H2,2H3/b12-8+. The van der Waals surface area contributed by atoms with Gasteiger partial charge in [0.1, 0.15) is 6.33 Å². The fourth-order valence-electron chi connectivity index (χ4n) is 0.705. The fourth-order valence-corrected chi connectivity index (χ4v) is 0.705. The second kappa shape index (κ2) is 4.88. The first-order chi connectivity index (χ1) is 6.34. The van der Waals surface area contributed by atoms with Crippen molar-refractivity contribution in [1.29, 1.82) is 0 Å². The number of rotatable bonds is 3. The lowest BCUT2D eigenvalue weighted by atomic mass is 10.2. The minimum Gasteiger partial charge on any atom is -0.382 e. The predicted molar refractivity (Wildman–Crippen MR) is 49.0 cm³/mol. The van der Waals surface area contributed by atoms with Crippen molar-refractivity contribution in [2.24, 2.45) is 5.16 Å². The number of nitrogens with zero attached hydrogens (tertiary/aromatic N) is 3. The summed E-state index contributed by atoms with van der Waals surface area (Å²) in [5.41, 5.74) is 1.52. The molecule has 0 saturated carbocycles. The van der Waals surface area contributed by atoms with Gasteiger partial charge in [-0.15, -0.1) is 6.42 Å². The van der Waals surface area contributed by atoms with E-state index in [1.165, 1.54) is 6.33 Å². The van der Waals surface area contributed by atoms with Crippen LogP contribution < -0.4 is 0 Å². The highest BCUT2D eigenvalue weighted by atomic mass is 16.6. The lowest BCUT2D eigenvalue weighted by Crippen LogP contribution is -1.98. The maximum absolute atomic E-state index is 4.98. The van der Waals surface area contributed by atoms with Crippen LogP contribution in [0.2, 0.25) is 0 Å². The molecule has 0 aliphatic rings. The van der Waals surface area contributed by atoms with Crippen molar-refractivity contribution < 1.29 is 4.84 Å². The summed E-state index contributed by atoms with van der Waals surface area (Å²) in [5.74, 6) is 2.31. The lowest BCUT2D eigenvalue weighted by Gasteiger charge is -1.97. The highest BCUT2D eigenvalue weighted by Crippen LogP contribution is 1.96. The largest absolute Gasteiger partial charge is 0.382 e. The average molecular weight is 175 g/mol. The molecule has 0 spiro atoms. The smallest absolute Gasteiger partial charge is 0.177 e. The van der Waals surface area contributed by atoms with E-state index in [9.17, 15) is 0 Å². The lowest BCUT2D eigenvalue weighted by molar-refractivity contribution is 0.180. The molecule has 0 aromatic carbocycles. The van der Waals surface area contributed by atoms with E-state index >= 15 is 0 Å². The normalized spacial score (nSPS) is 10.6. The molecule has 0 atom stereocenters. The van der Waals surface area contributed by atoms with E-state index in [1.807, 2.05) is 0 Å². The van der Waals surface area contributed by atoms with Gasteiger partial charge in [0.25, 0.3) is 0 Å². The van der Waals surface area contributed by atoms with Crippen molar-refractivity contribution in [1.82, 2.24) is 9.97 Å². The van der Waals surface area contributed by atoms with E-state index in [0.717, 1.165) is 5.56 Å². The molecule has 1 aromatic heterocycles. The zero-order chi connectivity index (χ0) is 9.52. The second-order valence-corrected chi connectivity index (χ2v) is 2.28. The van der Waals surface area contributed by atoms with E-state index in [2.05, 4.69) is 21.0 Å². The van der Waals surface area contributed by atoms with Crippen molar-refractivity contribution >= 4 is 5.71 Å². The molecule has 0 radical (unpaired) electrons. The van der Waals surface area contributed by atoms with Gasteiger partial charge >= 0.3 is 0 Å². The first-order valence-corrected chi connectivity index (χ1v) is 3.70. The van der Waals surface area contributed by atoms with Crippen molar-refractivity contribution in [3.63, 3.8) is 0 Å². The molecule has 1 rings (SSSR count). The average Bonchev–Trinajstić information content (AvgIpc) is 2.19. The summed E-state index contributed by atoms with van der Waals surface area (Å²) in [6.07, 6.45) is 9.76. The number of aromatic nitrogens is 2. The molecule has 0 unspecified atom stereocenters. The Balaban J connectivity index is 2.63. The van der Waals surface area contributed by atoms with Gasteiger partial charge in [0, 0.05) is 18.0 Å². The van der Waals surface area contributed by atoms with Gasteiger partial charge in [0.15, 0.2) is 6.61 Å². The van der Waals surface area contributed by atoms with E-state index in [1.54, 1.807) is 19.3 Å². The number of hydrogen-bond acceptors (Lipinski definition) is 4. The Morgan fingerprint density at radius 1 is 1.62 bits per heavy atom. The minimum atomic E-state index is 0.172. The monoisotopic (exact) mass is 175 g/mol. The van der Waals surface area contributed by atoms with Crippen LogP contribution in [0.3, 0.4) is 0 Å². The molecule has 0 aliphatic carbocycles. The highest BCUT2D eigenvalue weighted by Gasteiger charge is 1.96. The number of hydrogen-bond donors (Lipinski definition) is 0. The van der Waals surface area contributed by atoms with Crippen molar-refractivity contribution in [2.45, 2.75) is 6.92 Å². The molecule has 0 saturated heterocycles. The Labute approximate surface area is 76.7 Å². The van der Waals surface area contributed by atoms with Crippen molar-refractivity contribution in [3.05, 3.63) is 24.3 Å². The van der Waals surface area contributed by atoms with Crippen LogP contribution in [0.25, 0.3) is 0 Å². The third-order valence-electron chi connectivity index (χ3n) is 1.33. The fraction of sp³-hybridized carbons (Fsp3) is 0.222. The topological polar surface area (TPSA) is 47.4 Å². The SMILES string of the molecule is C#CCO/N=C(\C)c1cncnc1. The summed E-state index contributed by atoms with van der Waals surface area (Å²) in [6, 6.07) is 0. The highest BCUT2D eigenvalue weighted by molar-refractivity contribution is 5.97. The van der Waals surface area contributed by atoms with Gasteiger partial charge in [0.05, 0.1) is 5.71 Å². The quantitative estimate of drug-likeness (QED) is 0.296. The maximum Gasteiger partial charge on any atom is 0.177 e. The van der Waals surface area contributed by atoms with Gasteiger partial charge in [-0.1, -0.05) is 11.1 Å². The van der Waals surface area contributed by atoms with Gasteiger partial charge in [-0.3, -0.25) is 0 Å². The third-order valence-corrected chi connectivity index (χ3v) is 1.33. The molecule has 0 fully saturated rings. The zero-order valence-corrected chi connectivity index (χ0v) is 7.27. The molecular weight excluding hydrogens is 166 g/mol. The van der Waals surface area contributed by atoms with E-state index in [0.29, 0.717) is 5.71 Å². The van der Waals surface area contributed by atoms with E-state index < -0.39 is 0 Å². The molecule has 0 N–H and O–H groups in total. The van der Waals surface area contributed by atoms with E-state index in [4.69, 9.17) is 11.3 Å². The first-order valence-electron chi connectivity index (χ1n) is 3.70. The molecule has 0 amide bonds.